The lowest BCUT2D eigenvalue weighted by atomic mass is 9.75. The van der Waals surface area contributed by atoms with E-state index in [1.807, 2.05) is 11.0 Å². The summed E-state index contributed by atoms with van der Waals surface area (Å²) < 4.78 is 0. The molecule has 1 fully saturated rings. The van der Waals surface area contributed by atoms with E-state index in [2.05, 4.69) is 30.4 Å². The van der Waals surface area contributed by atoms with Crippen LogP contribution < -0.4 is 10.6 Å². The standard InChI is InChI=1S/C13H18N4O/c1-5-10-13(3,4)7-17(10)11-9(8(2)18)6-15-12(14)16-11/h5-6,10H,1,7H2,2-4H3,(H2,14,15,16). The number of anilines is 2. The first-order chi connectivity index (χ1) is 8.36. The second-order valence-electron chi connectivity index (χ2n) is 5.32. The molecule has 1 aromatic heterocycles. The van der Waals surface area contributed by atoms with E-state index >= 15 is 0 Å². The average Bonchev–Trinajstić information content (AvgIpc) is 2.26. The molecule has 0 aliphatic carbocycles. The van der Waals surface area contributed by atoms with Crippen molar-refractivity contribution >= 4 is 17.5 Å². The number of rotatable bonds is 3. The van der Waals surface area contributed by atoms with Crippen LogP contribution in [0.3, 0.4) is 0 Å². The van der Waals surface area contributed by atoms with Crippen LogP contribution in [0.5, 0.6) is 0 Å². The maximum absolute atomic E-state index is 11.6. The number of hydrogen-bond donors (Lipinski definition) is 1. The van der Waals surface area contributed by atoms with Crippen LogP contribution in [-0.4, -0.2) is 28.3 Å². The Morgan fingerprint density at radius 2 is 2.33 bits per heavy atom. The zero-order valence-corrected chi connectivity index (χ0v) is 11.0. The third-order valence-electron chi connectivity index (χ3n) is 3.38. The van der Waals surface area contributed by atoms with Gasteiger partial charge in [-0.05, 0) is 6.92 Å². The largest absolute Gasteiger partial charge is 0.368 e. The van der Waals surface area contributed by atoms with Crippen molar-refractivity contribution in [3.05, 3.63) is 24.4 Å². The molecule has 0 aromatic carbocycles. The average molecular weight is 246 g/mol. The van der Waals surface area contributed by atoms with Crippen LogP contribution >= 0.6 is 0 Å². The van der Waals surface area contributed by atoms with Crippen LogP contribution in [0.4, 0.5) is 11.8 Å². The summed E-state index contributed by atoms with van der Waals surface area (Å²) in [4.78, 5) is 21.7. The Balaban J connectivity index is 2.43. The fraction of sp³-hybridized carbons (Fsp3) is 0.462. The van der Waals surface area contributed by atoms with Gasteiger partial charge < -0.3 is 10.6 Å². The first kappa shape index (κ1) is 12.5. The molecule has 2 N–H and O–H groups in total. The van der Waals surface area contributed by atoms with Crippen LogP contribution in [0, 0.1) is 5.41 Å². The van der Waals surface area contributed by atoms with Crippen molar-refractivity contribution in [1.82, 2.24) is 9.97 Å². The van der Waals surface area contributed by atoms with E-state index in [0.29, 0.717) is 11.4 Å². The van der Waals surface area contributed by atoms with Gasteiger partial charge in [-0.25, -0.2) is 4.98 Å². The molecule has 5 heteroatoms. The van der Waals surface area contributed by atoms with E-state index in [4.69, 9.17) is 5.73 Å². The molecule has 1 aliphatic rings. The molecule has 1 aromatic rings. The lowest BCUT2D eigenvalue weighted by Gasteiger charge is -2.54. The number of carbonyl (C=O) groups is 1. The highest BCUT2D eigenvalue weighted by atomic mass is 16.1. The number of nitrogen functional groups attached to an aromatic ring is 1. The van der Waals surface area contributed by atoms with Crippen LogP contribution in [-0.2, 0) is 0 Å². The quantitative estimate of drug-likeness (QED) is 0.648. The van der Waals surface area contributed by atoms with Gasteiger partial charge in [-0.3, -0.25) is 4.79 Å². The topological polar surface area (TPSA) is 72.1 Å². The van der Waals surface area contributed by atoms with Crippen LogP contribution in [0.1, 0.15) is 31.1 Å². The minimum atomic E-state index is -0.0579. The molecule has 2 heterocycles. The maximum atomic E-state index is 11.6. The van der Waals surface area contributed by atoms with Crippen LogP contribution in [0.25, 0.3) is 0 Å². The predicted molar refractivity (Wildman–Crippen MR) is 71.6 cm³/mol. The molecule has 0 amide bonds. The Hall–Kier alpha value is -1.91. The highest BCUT2D eigenvalue weighted by Gasteiger charge is 2.45. The summed E-state index contributed by atoms with van der Waals surface area (Å²) >= 11 is 0. The zero-order valence-electron chi connectivity index (χ0n) is 11.0. The minimum absolute atomic E-state index is 0.0579. The monoisotopic (exact) mass is 246 g/mol. The van der Waals surface area contributed by atoms with Gasteiger partial charge in [0.1, 0.15) is 5.82 Å². The first-order valence-corrected chi connectivity index (χ1v) is 5.89. The molecular formula is C13H18N4O. The summed E-state index contributed by atoms with van der Waals surface area (Å²) in [6, 6.07) is 0.157. The minimum Gasteiger partial charge on any atom is -0.368 e. The first-order valence-electron chi connectivity index (χ1n) is 5.89. The molecule has 5 nitrogen and oxygen atoms in total. The molecule has 1 saturated heterocycles. The molecule has 1 unspecified atom stereocenters. The Morgan fingerprint density at radius 1 is 1.67 bits per heavy atom. The van der Waals surface area contributed by atoms with E-state index in [1.54, 1.807) is 0 Å². The van der Waals surface area contributed by atoms with Gasteiger partial charge in [0.05, 0.1) is 11.6 Å². The fourth-order valence-electron chi connectivity index (χ4n) is 2.45. The third kappa shape index (κ3) is 1.85. The molecular weight excluding hydrogens is 228 g/mol. The van der Waals surface area contributed by atoms with Gasteiger partial charge in [0, 0.05) is 18.2 Å². The predicted octanol–water partition coefficient (Wildman–Crippen LogP) is 1.66. The Morgan fingerprint density at radius 3 is 2.83 bits per heavy atom. The SMILES string of the molecule is C=CC1N(c2nc(N)ncc2C(C)=O)CC1(C)C. The lowest BCUT2D eigenvalue weighted by Crippen LogP contribution is -2.61. The third-order valence-corrected chi connectivity index (χ3v) is 3.38. The van der Waals surface area contributed by atoms with Gasteiger partial charge >= 0.3 is 0 Å². The number of aromatic nitrogens is 2. The Bertz CT molecular complexity index is 510. The van der Waals surface area contributed by atoms with E-state index in [-0.39, 0.29) is 23.2 Å². The second-order valence-corrected chi connectivity index (χ2v) is 5.32. The van der Waals surface area contributed by atoms with Gasteiger partial charge in [-0.2, -0.15) is 4.98 Å². The summed E-state index contributed by atoms with van der Waals surface area (Å²) in [5, 5.41) is 0. The van der Waals surface area contributed by atoms with Crippen LogP contribution in [0.2, 0.25) is 0 Å². The van der Waals surface area contributed by atoms with Gasteiger partial charge in [-0.1, -0.05) is 19.9 Å². The van der Waals surface area contributed by atoms with Crippen molar-refractivity contribution in [3.8, 4) is 0 Å². The van der Waals surface area contributed by atoms with Gasteiger partial charge in [-0.15, -0.1) is 6.58 Å². The molecule has 0 spiro atoms. The van der Waals surface area contributed by atoms with Crippen molar-refractivity contribution in [1.29, 1.82) is 0 Å². The normalized spacial score (nSPS) is 21.3. The maximum Gasteiger partial charge on any atom is 0.221 e. The molecule has 0 radical (unpaired) electrons. The lowest BCUT2D eigenvalue weighted by molar-refractivity contribution is 0.101. The van der Waals surface area contributed by atoms with E-state index in [1.165, 1.54) is 13.1 Å². The highest BCUT2D eigenvalue weighted by molar-refractivity contribution is 5.99. The number of Topliss-reactive ketones (excluding diaryl/α,β-unsaturated/α-hetero) is 1. The molecule has 2 rings (SSSR count). The molecule has 1 atom stereocenters. The van der Waals surface area contributed by atoms with E-state index in [9.17, 15) is 4.79 Å². The summed E-state index contributed by atoms with van der Waals surface area (Å²) in [6.45, 7) is 10.5. The molecule has 96 valence electrons. The smallest absolute Gasteiger partial charge is 0.221 e. The van der Waals surface area contributed by atoms with Crippen LogP contribution in [0.15, 0.2) is 18.9 Å². The highest BCUT2D eigenvalue weighted by Crippen LogP contribution is 2.41. The molecule has 1 aliphatic heterocycles. The van der Waals surface area contributed by atoms with Gasteiger partial charge in [0.15, 0.2) is 5.78 Å². The molecule has 18 heavy (non-hydrogen) atoms. The van der Waals surface area contributed by atoms with Gasteiger partial charge in [0.25, 0.3) is 0 Å². The van der Waals surface area contributed by atoms with E-state index < -0.39 is 0 Å². The van der Waals surface area contributed by atoms with Crippen molar-refractivity contribution < 1.29 is 4.79 Å². The number of ketones is 1. The Labute approximate surface area is 107 Å². The van der Waals surface area contributed by atoms with Crippen molar-refractivity contribution in [2.24, 2.45) is 5.41 Å². The number of carbonyl (C=O) groups excluding carboxylic acids is 1. The van der Waals surface area contributed by atoms with Crippen molar-refractivity contribution in [2.75, 3.05) is 17.2 Å². The fourth-order valence-corrected chi connectivity index (χ4v) is 2.45. The van der Waals surface area contributed by atoms with Gasteiger partial charge in [0.2, 0.25) is 5.95 Å². The molecule has 0 bridgehead atoms. The Kier molecular flexibility index (Phi) is 2.84. The van der Waals surface area contributed by atoms with Crippen molar-refractivity contribution in [2.45, 2.75) is 26.8 Å². The summed E-state index contributed by atoms with van der Waals surface area (Å²) in [6.07, 6.45) is 3.37. The van der Waals surface area contributed by atoms with Crippen molar-refractivity contribution in [3.63, 3.8) is 0 Å². The number of nitrogens with two attached hydrogens (primary N) is 1. The van der Waals surface area contributed by atoms with E-state index in [0.717, 1.165) is 6.54 Å². The summed E-state index contributed by atoms with van der Waals surface area (Å²) in [7, 11) is 0. The summed E-state index contributed by atoms with van der Waals surface area (Å²) in [5.41, 5.74) is 6.25. The number of hydrogen-bond acceptors (Lipinski definition) is 5. The molecule has 0 saturated carbocycles. The zero-order chi connectivity index (χ0) is 13.5. The second kappa shape index (κ2) is 4.08. The number of nitrogens with zero attached hydrogens (tertiary/aromatic N) is 3. The summed E-state index contributed by atoms with van der Waals surface area (Å²) in [5.74, 6) is 0.735.